The van der Waals surface area contributed by atoms with Crippen molar-refractivity contribution in [2.45, 2.75) is 31.8 Å². The third kappa shape index (κ3) is 4.46. The van der Waals surface area contributed by atoms with Gasteiger partial charge in [0, 0.05) is 50.5 Å². The van der Waals surface area contributed by atoms with Crippen LogP contribution < -0.4 is 0 Å². The number of benzene rings is 2. The highest BCUT2D eigenvalue weighted by molar-refractivity contribution is 5.95. The van der Waals surface area contributed by atoms with Crippen LogP contribution in [0.3, 0.4) is 0 Å². The summed E-state index contributed by atoms with van der Waals surface area (Å²) in [7, 11) is 0. The van der Waals surface area contributed by atoms with E-state index in [4.69, 9.17) is 4.74 Å². The number of hydrogen-bond acceptors (Lipinski definition) is 4. The van der Waals surface area contributed by atoms with Crippen LogP contribution in [0, 0.1) is 5.92 Å². The molecule has 0 aromatic heterocycles. The van der Waals surface area contributed by atoms with Crippen LogP contribution >= 0.6 is 0 Å². The Morgan fingerprint density at radius 1 is 0.844 bits per heavy atom. The van der Waals surface area contributed by atoms with E-state index >= 15 is 0 Å². The van der Waals surface area contributed by atoms with E-state index in [2.05, 4.69) is 6.07 Å². The van der Waals surface area contributed by atoms with Gasteiger partial charge in [-0.05, 0) is 41.7 Å². The number of ether oxygens (including phenoxy) is 1. The number of amides is 2. The lowest BCUT2D eigenvalue weighted by atomic mass is 9.98. The summed E-state index contributed by atoms with van der Waals surface area (Å²) in [4.78, 5) is 41.0. The third-order valence-corrected chi connectivity index (χ3v) is 6.66. The van der Waals surface area contributed by atoms with Gasteiger partial charge in [0.05, 0.1) is 6.61 Å². The predicted octanol–water partition coefficient (Wildman–Crippen LogP) is 2.95. The molecule has 2 aromatic carbocycles. The van der Waals surface area contributed by atoms with Crippen LogP contribution in [0.5, 0.6) is 0 Å². The maximum Gasteiger partial charge on any atom is 0.253 e. The third-order valence-electron chi connectivity index (χ3n) is 6.66. The summed E-state index contributed by atoms with van der Waals surface area (Å²) in [6.45, 7) is 2.84. The molecular formula is C26H28N2O4. The first kappa shape index (κ1) is 20.9. The Kier molecular flexibility index (Phi) is 5.79. The Balaban J connectivity index is 1.20. The number of ketones is 1. The smallest absolute Gasteiger partial charge is 0.253 e. The molecule has 6 nitrogen and oxygen atoms in total. The second kappa shape index (κ2) is 8.87. The minimum atomic E-state index is -0.282. The van der Waals surface area contributed by atoms with Gasteiger partial charge < -0.3 is 14.5 Å². The summed E-state index contributed by atoms with van der Waals surface area (Å²) in [5.74, 6) is 0.654. The summed E-state index contributed by atoms with van der Waals surface area (Å²) >= 11 is 0. The van der Waals surface area contributed by atoms with Crippen molar-refractivity contribution in [1.29, 1.82) is 0 Å². The zero-order chi connectivity index (χ0) is 22.1. The molecular weight excluding hydrogens is 404 g/mol. The lowest BCUT2D eigenvalue weighted by molar-refractivity contribution is -0.157. The maximum absolute atomic E-state index is 12.9. The van der Waals surface area contributed by atoms with Crippen LogP contribution in [0.2, 0.25) is 0 Å². The fourth-order valence-corrected chi connectivity index (χ4v) is 4.36. The van der Waals surface area contributed by atoms with Crippen LogP contribution in [-0.4, -0.2) is 66.3 Å². The number of Topliss-reactive ketones (excluding diaryl/α,β-unsaturated/α-hetero) is 1. The lowest BCUT2D eigenvalue weighted by Gasteiger charge is -2.38. The Morgan fingerprint density at radius 2 is 1.53 bits per heavy atom. The standard InChI is InChI=1S/C26H28N2O4/c29-23(20-6-7-20)17-18-2-1-3-22(16-18)19-4-8-21(9-5-19)25(30)27-11-13-28(14-12-27)26(31)24-10-15-32-24/h1-5,8-9,16,20,24H,6-7,10-15,17H2. The molecule has 1 saturated carbocycles. The minimum absolute atomic E-state index is 0.00711. The first-order valence-corrected chi connectivity index (χ1v) is 11.5. The largest absolute Gasteiger partial charge is 0.368 e. The number of hydrogen-bond donors (Lipinski definition) is 0. The van der Waals surface area contributed by atoms with E-state index in [0.29, 0.717) is 50.6 Å². The van der Waals surface area contributed by atoms with E-state index in [1.165, 1.54) is 0 Å². The lowest BCUT2D eigenvalue weighted by Crippen LogP contribution is -2.54. The maximum atomic E-state index is 12.9. The van der Waals surface area contributed by atoms with Gasteiger partial charge in [0.25, 0.3) is 11.8 Å². The minimum Gasteiger partial charge on any atom is -0.368 e. The molecule has 3 fully saturated rings. The number of rotatable bonds is 6. The second-order valence-corrected chi connectivity index (χ2v) is 8.96. The second-order valence-electron chi connectivity index (χ2n) is 8.96. The molecule has 166 valence electrons. The molecule has 0 spiro atoms. The SMILES string of the molecule is O=C(Cc1cccc(-c2ccc(C(=O)N3CCN(C(=O)C4CCO4)CC3)cc2)c1)C1CC1. The van der Waals surface area contributed by atoms with Crippen molar-refractivity contribution >= 4 is 17.6 Å². The summed E-state index contributed by atoms with van der Waals surface area (Å²) in [6.07, 6.45) is 3.08. The number of carbonyl (C=O) groups is 3. The quantitative estimate of drug-likeness (QED) is 0.704. The summed E-state index contributed by atoms with van der Waals surface area (Å²) in [5.41, 5.74) is 3.77. The molecule has 2 aromatic rings. The van der Waals surface area contributed by atoms with Gasteiger partial charge in [0.1, 0.15) is 11.9 Å². The van der Waals surface area contributed by atoms with Crippen molar-refractivity contribution in [1.82, 2.24) is 9.80 Å². The summed E-state index contributed by atoms with van der Waals surface area (Å²) in [5, 5.41) is 0. The Hall–Kier alpha value is -2.99. The van der Waals surface area contributed by atoms with Crippen molar-refractivity contribution in [3.8, 4) is 11.1 Å². The number of nitrogens with zero attached hydrogens (tertiary/aromatic N) is 2. The average Bonchev–Trinajstić information content (AvgIpc) is 3.64. The number of carbonyl (C=O) groups excluding carboxylic acids is 3. The van der Waals surface area contributed by atoms with Crippen molar-refractivity contribution in [3.05, 3.63) is 59.7 Å². The van der Waals surface area contributed by atoms with Crippen LogP contribution in [0.25, 0.3) is 11.1 Å². The Labute approximate surface area is 188 Å². The average molecular weight is 433 g/mol. The predicted molar refractivity (Wildman–Crippen MR) is 120 cm³/mol. The highest BCUT2D eigenvalue weighted by Gasteiger charge is 2.33. The fourth-order valence-electron chi connectivity index (χ4n) is 4.36. The van der Waals surface area contributed by atoms with Crippen molar-refractivity contribution in [2.24, 2.45) is 5.92 Å². The molecule has 3 aliphatic rings. The van der Waals surface area contributed by atoms with Crippen molar-refractivity contribution in [2.75, 3.05) is 32.8 Å². The van der Waals surface area contributed by atoms with Crippen LogP contribution in [0.4, 0.5) is 0 Å². The monoisotopic (exact) mass is 432 g/mol. The highest BCUT2D eigenvalue weighted by Crippen LogP contribution is 2.31. The van der Waals surface area contributed by atoms with Crippen LogP contribution in [0.1, 0.15) is 35.2 Å². The van der Waals surface area contributed by atoms with Gasteiger partial charge in [-0.15, -0.1) is 0 Å². The van der Waals surface area contributed by atoms with Crippen LogP contribution in [0.15, 0.2) is 48.5 Å². The van der Waals surface area contributed by atoms with Crippen molar-refractivity contribution < 1.29 is 19.1 Å². The molecule has 2 heterocycles. The Morgan fingerprint density at radius 3 is 2.16 bits per heavy atom. The van der Waals surface area contributed by atoms with Gasteiger partial charge in [0.2, 0.25) is 0 Å². The van der Waals surface area contributed by atoms with E-state index < -0.39 is 0 Å². The Bertz CT molecular complexity index is 1020. The topological polar surface area (TPSA) is 66.9 Å². The van der Waals surface area contributed by atoms with Crippen LogP contribution in [-0.2, 0) is 20.7 Å². The highest BCUT2D eigenvalue weighted by atomic mass is 16.5. The van der Waals surface area contributed by atoms with E-state index in [9.17, 15) is 14.4 Å². The molecule has 2 amide bonds. The molecule has 0 N–H and O–H groups in total. The molecule has 2 aliphatic heterocycles. The zero-order valence-corrected chi connectivity index (χ0v) is 18.2. The van der Waals surface area contributed by atoms with Gasteiger partial charge in [-0.2, -0.15) is 0 Å². The molecule has 1 atom stereocenters. The van der Waals surface area contributed by atoms with Gasteiger partial charge in [-0.25, -0.2) is 0 Å². The summed E-state index contributed by atoms with van der Waals surface area (Å²) < 4.78 is 5.29. The molecule has 5 rings (SSSR count). The fraction of sp³-hybridized carbons (Fsp3) is 0.423. The van der Waals surface area contributed by atoms with E-state index in [1.807, 2.05) is 47.4 Å². The van der Waals surface area contributed by atoms with E-state index in [1.54, 1.807) is 4.90 Å². The molecule has 32 heavy (non-hydrogen) atoms. The van der Waals surface area contributed by atoms with Gasteiger partial charge in [0.15, 0.2) is 0 Å². The molecule has 2 saturated heterocycles. The molecule has 1 unspecified atom stereocenters. The van der Waals surface area contributed by atoms with Crippen molar-refractivity contribution in [3.63, 3.8) is 0 Å². The van der Waals surface area contributed by atoms with Gasteiger partial charge >= 0.3 is 0 Å². The molecule has 1 aliphatic carbocycles. The van der Waals surface area contributed by atoms with E-state index in [0.717, 1.165) is 36.0 Å². The molecule has 0 radical (unpaired) electrons. The first-order valence-electron chi connectivity index (χ1n) is 11.5. The summed E-state index contributed by atoms with van der Waals surface area (Å²) in [6, 6.07) is 15.7. The van der Waals surface area contributed by atoms with Gasteiger partial charge in [-0.1, -0.05) is 36.4 Å². The molecule has 6 heteroatoms. The molecule has 0 bridgehead atoms. The first-order chi connectivity index (χ1) is 15.6. The normalized spacial score (nSPS) is 20.6. The number of piperazine rings is 1. The van der Waals surface area contributed by atoms with Gasteiger partial charge in [-0.3, -0.25) is 14.4 Å². The van der Waals surface area contributed by atoms with E-state index in [-0.39, 0.29) is 23.8 Å². The zero-order valence-electron chi connectivity index (χ0n) is 18.2.